The maximum Gasteiger partial charge on any atom is 0.257 e. The Balaban J connectivity index is 1.45. The average molecular weight is 369 g/mol. The van der Waals surface area contributed by atoms with Crippen LogP contribution in [-0.4, -0.2) is 29.5 Å². The van der Waals surface area contributed by atoms with Gasteiger partial charge >= 0.3 is 0 Å². The zero-order valence-corrected chi connectivity index (χ0v) is 15.2. The van der Waals surface area contributed by atoms with E-state index in [1.807, 2.05) is 48.5 Å². The zero-order valence-electron chi connectivity index (χ0n) is 14.3. The van der Waals surface area contributed by atoms with E-state index in [0.29, 0.717) is 17.4 Å². The third-order valence-electron chi connectivity index (χ3n) is 3.36. The predicted molar refractivity (Wildman–Crippen MR) is 103 cm³/mol. The van der Waals surface area contributed by atoms with Gasteiger partial charge in [0.1, 0.15) is 11.3 Å². The van der Waals surface area contributed by atoms with Gasteiger partial charge in [0.05, 0.1) is 18.6 Å². The molecule has 0 aliphatic heterocycles. The second-order valence-electron chi connectivity index (χ2n) is 5.45. The molecule has 0 bridgehead atoms. The van der Waals surface area contributed by atoms with Gasteiger partial charge in [-0.3, -0.25) is 4.79 Å². The van der Waals surface area contributed by atoms with Gasteiger partial charge < -0.3 is 9.15 Å². The predicted octanol–water partition coefficient (Wildman–Crippen LogP) is 3.86. The SMILES string of the molecule is CCCOc1ccc(C=NNC(=O)CSc2nc3ccccc3o2)cc1. The molecule has 0 unspecified atom stereocenters. The van der Waals surface area contributed by atoms with Gasteiger partial charge in [-0.1, -0.05) is 30.8 Å². The van der Waals surface area contributed by atoms with Crippen LogP contribution in [0.3, 0.4) is 0 Å². The molecule has 1 aromatic heterocycles. The first kappa shape index (κ1) is 18.0. The molecule has 0 fully saturated rings. The van der Waals surface area contributed by atoms with E-state index in [-0.39, 0.29) is 11.7 Å². The molecule has 7 heteroatoms. The molecule has 3 aromatic rings. The number of rotatable bonds is 8. The Labute approximate surface area is 155 Å². The maximum atomic E-state index is 11.9. The molecule has 2 aromatic carbocycles. The van der Waals surface area contributed by atoms with Gasteiger partial charge in [-0.05, 0) is 48.4 Å². The molecule has 0 atom stereocenters. The summed E-state index contributed by atoms with van der Waals surface area (Å²) in [5.41, 5.74) is 4.85. The third kappa shape index (κ3) is 5.10. The van der Waals surface area contributed by atoms with E-state index in [9.17, 15) is 4.79 Å². The van der Waals surface area contributed by atoms with E-state index in [4.69, 9.17) is 9.15 Å². The number of hydrogen-bond acceptors (Lipinski definition) is 6. The number of nitrogens with one attached hydrogen (secondary N) is 1. The zero-order chi connectivity index (χ0) is 18.2. The number of hydrazone groups is 1. The molecule has 0 saturated heterocycles. The summed E-state index contributed by atoms with van der Waals surface area (Å²) in [7, 11) is 0. The second kappa shape index (κ2) is 9.05. The Hall–Kier alpha value is -2.80. The molecule has 6 nitrogen and oxygen atoms in total. The van der Waals surface area contributed by atoms with E-state index in [1.165, 1.54) is 11.8 Å². The molecule has 1 heterocycles. The van der Waals surface area contributed by atoms with Crippen LogP contribution in [0.4, 0.5) is 0 Å². The van der Waals surface area contributed by atoms with Crippen LogP contribution in [0.2, 0.25) is 0 Å². The Morgan fingerprint density at radius 1 is 1.27 bits per heavy atom. The number of amides is 1. The van der Waals surface area contributed by atoms with Crippen molar-refractivity contribution in [3.63, 3.8) is 0 Å². The standard InChI is InChI=1S/C19H19N3O3S/c1-2-11-24-15-9-7-14(8-10-15)12-20-22-18(23)13-26-19-21-16-5-3-4-6-17(16)25-19/h3-10,12H,2,11,13H2,1H3,(H,22,23). The van der Waals surface area contributed by atoms with Crippen molar-refractivity contribution in [2.75, 3.05) is 12.4 Å². The Kier molecular flexibility index (Phi) is 6.27. The van der Waals surface area contributed by atoms with Gasteiger partial charge in [0, 0.05) is 0 Å². The summed E-state index contributed by atoms with van der Waals surface area (Å²) in [6, 6.07) is 15.0. The molecular weight excluding hydrogens is 350 g/mol. The Morgan fingerprint density at radius 3 is 2.85 bits per heavy atom. The summed E-state index contributed by atoms with van der Waals surface area (Å²) < 4.78 is 11.1. The molecule has 26 heavy (non-hydrogen) atoms. The number of para-hydroxylation sites is 2. The summed E-state index contributed by atoms with van der Waals surface area (Å²) in [6.45, 7) is 2.76. The van der Waals surface area contributed by atoms with Crippen LogP contribution in [0.25, 0.3) is 11.1 Å². The molecule has 1 amide bonds. The van der Waals surface area contributed by atoms with E-state index < -0.39 is 0 Å². The highest BCUT2D eigenvalue weighted by Gasteiger charge is 2.08. The monoisotopic (exact) mass is 369 g/mol. The quantitative estimate of drug-likeness (QED) is 0.371. The smallest absolute Gasteiger partial charge is 0.257 e. The second-order valence-corrected chi connectivity index (χ2v) is 6.37. The van der Waals surface area contributed by atoms with Crippen LogP contribution in [0.1, 0.15) is 18.9 Å². The highest BCUT2D eigenvalue weighted by Crippen LogP contribution is 2.22. The van der Waals surface area contributed by atoms with E-state index in [0.717, 1.165) is 23.3 Å². The van der Waals surface area contributed by atoms with Gasteiger partial charge in [-0.15, -0.1) is 0 Å². The van der Waals surface area contributed by atoms with Gasteiger partial charge in [-0.25, -0.2) is 10.4 Å². The summed E-state index contributed by atoms with van der Waals surface area (Å²) >= 11 is 1.23. The van der Waals surface area contributed by atoms with E-state index in [2.05, 4.69) is 22.4 Å². The minimum Gasteiger partial charge on any atom is -0.494 e. The molecule has 1 N–H and O–H groups in total. The van der Waals surface area contributed by atoms with Crippen LogP contribution in [0.15, 0.2) is 63.3 Å². The maximum absolute atomic E-state index is 11.9. The summed E-state index contributed by atoms with van der Waals surface area (Å²) in [6.07, 6.45) is 2.56. The number of nitrogens with zero attached hydrogens (tertiary/aromatic N) is 2. The molecule has 3 rings (SSSR count). The normalized spacial score (nSPS) is 11.1. The number of oxazole rings is 1. The van der Waals surface area contributed by atoms with Crippen LogP contribution >= 0.6 is 11.8 Å². The van der Waals surface area contributed by atoms with Gasteiger partial charge in [0.2, 0.25) is 0 Å². The number of carbonyl (C=O) groups excluding carboxylic acids is 1. The van der Waals surface area contributed by atoms with Crippen molar-refractivity contribution < 1.29 is 13.9 Å². The van der Waals surface area contributed by atoms with Crippen LogP contribution < -0.4 is 10.2 Å². The van der Waals surface area contributed by atoms with Crippen molar-refractivity contribution >= 4 is 35.0 Å². The topological polar surface area (TPSA) is 76.7 Å². The van der Waals surface area contributed by atoms with Crippen LogP contribution in [-0.2, 0) is 4.79 Å². The number of fused-ring (bicyclic) bond motifs is 1. The average Bonchev–Trinajstić information content (AvgIpc) is 3.09. The van der Waals surface area contributed by atoms with Crippen molar-refractivity contribution in [2.45, 2.75) is 18.6 Å². The molecule has 0 saturated carbocycles. The lowest BCUT2D eigenvalue weighted by Crippen LogP contribution is -2.19. The van der Waals surface area contributed by atoms with Gasteiger partial charge in [0.25, 0.3) is 11.1 Å². The number of hydrogen-bond donors (Lipinski definition) is 1. The number of ether oxygens (including phenoxy) is 1. The number of carbonyl (C=O) groups is 1. The third-order valence-corrected chi connectivity index (χ3v) is 4.18. The molecule has 0 aliphatic carbocycles. The summed E-state index contributed by atoms with van der Waals surface area (Å²) in [5.74, 6) is 0.771. The Morgan fingerprint density at radius 2 is 2.08 bits per heavy atom. The van der Waals surface area contributed by atoms with Crippen molar-refractivity contribution in [2.24, 2.45) is 5.10 Å². The Bertz CT molecular complexity index is 857. The van der Waals surface area contributed by atoms with E-state index >= 15 is 0 Å². The highest BCUT2D eigenvalue weighted by molar-refractivity contribution is 7.99. The molecule has 134 valence electrons. The first-order valence-electron chi connectivity index (χ1n) is 8.28. The fraction of sp³-hybridized carbons (Fsp3) is 0.211. The molecular formula is C19H19N3O3S. The summed E-state index contributed by atoms with van der Waals surface area (Å²) in [5, 5.41) is 4.42. The lowest BCUT2D eigenvalue weighted by atomic mass is 10.2. The lowest BCUT2D eigenvalue weighted by Gasteiger charge is -2.03. The first-order valence-corrected chi connectivity index (χ1v) is 9.26. The summed E-state index contributed by atoms with van der Waals surface area (Å²) in [4.78, 5) is 16.2. The van der Waals surface area contributed by atoms with Crippen molar-refractivity contribution in [3.8, 4) is 5.75 Å². The van der Waals surface area contributed by atoms with E-state index in [1.54, 1.807) is 6.21 Å². The molecule has 0 aliphatic rings. The van der Waals surface area contributed by atoms with Crippen molar-refractivity contribution in [3.05, 3.63) is 54.1 Å². The van der Waals surface area contributed by atoms with Gasteiger partial charge in [0.15, 0.2) is 5.58 Å². The van der Waals surface area contributed by atoms with Crippen LogP contribution in [0, 0.1) is 0 Å². The molecule has 0 spiro atoms. The van der Waals surface area contributed by atoms with Crippen LogP contribution in [0.5, 0.6) is 5.75 Å². The minimum atomic E-state index is -0.226. The largest absolute Gasteiger partial charge is 0.494 e. The van der Waals surface area contributed by atoms with Gasteiger partial charge in [-0.2, -0.15) is 5.10 Å². The highest BCUT2D eigenvalue weighted by atomic mass is 32.2. The fourth-order valence-corrected chi connectivity index (χ4v) is 2.75. The number of benzene rings is 2. The number of aromatic nitrogens is 1. The van der Waals surface area contributed by atoms with Crippen molar-refractivity contribution in [1.29, 1.82) is 0 Å². The minimum absolute atomic E-state index is 0.175. The lowest BCUT2D eigenvalue weighted by molar-refractivity contribution is -0.118. The fourth-order valence-electron chi connectivity index (χ4n) is 2.12. The van der Waals surface area contributed by atoms with Crippen molar-refractivity contribution in [1.82, 2.24) is 10.4 Å². The first-order chi connectivity index (χ1) is 12.7. The molecule has 0 radical (unpaired) electrons. The number of thioether (sulfide) groups is 1.